The van der Waals surface area contributed by atoms with E-state index in [1.54, 1.807) is 0 Å². The minimum Gasteiger partial charge on any atom is -0.469 e. The van der Waals surface area contributed by atoms with Gasteiger partial charge in [-0.05, 0) is 81.0 Å². The highest BCUT2D eigenvalue weighted by Gasteiger charge is 2.64. The quantitative estimate of drug-likeness (QED) is 0.603. The van der Waals surface area contributed by atoms with Crippen molar-refractivity contribution in [2.75, 3.05) is 7.11 Å². The molecule has 3 aliphatic rings. The molecule has 0 aromatic rings. The van der Waals surface area contributed by atoms with Crippen LogP contribution in [0.2, 0.25) is 0 Å². The van der Waals surface area contributed by atoms with E-state index in [2.05, 4.69) is 41.5 Å². The highest BCUT2D eigenvalue weighted by atomic mass is 16.5. The van der Waals surface area contributed by atoms with Gasteiger partial charge in [0.2, 0.25) is 0 Å². The molecule has 0 spiro atoms. The fourth-order valence-corrected chi connectivity index (χ4v) is 6.97. The molecular weight excluding hydrogens is 334 g/mol. The largest absolute Gasteiger partial charge is 0.469 e. The van der Waals surface area contributed by atoms with Gasteiger partial charge in [-0.1, -0.05) is 47.5 Å². The highest BCUT2D eigenvalue weighted by Crippen LogP contribution is 2.65. The molecule has 0 saturated heterocycles. The van der Waals surface area contributed by atoms with Crippen LogP contribution in [0.5, 0.6) is 0 Å². The third-order valence-electron chi connectivity index (χ3n) is 8.64. The Morgan fingerprint density at radius 2 is 1.74 bits per heavy atom. The van der Waals surface area contributed by atoms with E-state index in [0.717, 1.165) is 37.5 Å². The third-order valence-corrected chi connectivity index (χ3v) is 8.64. The van der Waals surface area contributed by atoms with E-state index in [4.69, 9.17) is 10.5 Å². The number of methoxy groups -OCH3 is 1. The summed E-state index contributed by atoms with van der Waals surface area (Å²) in [4.78, 5) is 12.6. The molecular formula is C24H45NO2. The van der Waals surface area contributed by atoms with Crippen molar-refractivity contribution in [1.29, 1.82) is 0 Å². The lowest BCUT2D eigenvalue weighted by Gasteiger charge is -2.66. The topological polar surface area (TPSA) is 52.3 Å². The van der Waals surface area contributed by atoms with Crippen molar-refractivity contribution in [3.05, 3.63) is 0 Å². The van der Waals surface area contributed by atoms with Crippen LogP contribution in [0, 0.1) is 34.5 Å². The Morgan fingerprint density at radius 3 is 2.30 bits per heavy atom. The molecule has 0 amide bonds. The van der Waals surface area contributed by atoms with E-state index in [0.29, 0.717) is 11.8 Å². The molecule has 27 heavy (non-hydrogen) atoms. The first-order valence-electron chi connectivity index (χ1n) is 11.5. The van der Waals surface area contributed by atoms with Crippen LogP contribution in [0.3, 0.4) is 0 Å². The lowest BCUT2D eigenvalue weighted by Crippen LogP contribution is -2.69. The van der Waals surface area contributed by atoms with Gasteiger partial charge < -0.3 is 10.5 Å². The number of ether oxygens (including phenoxy) is 1. The Morgan fingerprint density at radius 1 is 1.11 bits per heavy atom. The minimum absolute atomic E-state index is 0.0173. The van der Waals surface area contributed by atoms with Gasteiger partial charge in [0.05, 0.1) is 12.5 Å². The number of hydrogen-bond donors (Lipinski definition) is 1. The van der Waals surface area contributed by atoms with E-state index >= 15 is 0 Å². The third kappa shape index (κ3) is 3.70. The van der Waals surface area contributed by atoms with Crippen molar-refractivity contribution in [2.24, 2.45) is 40.2 Å². The molecule has 3 saturated carbocycles. The first-order chi connectivity index (χ1) is 12.6. The Bertz CT molecular complexity index is 519. The Labute approximate surface area is 168 Å². The maximum atomic E-state index is 12.6. The fourth-order valence-electron chi connectivity index (χ4n) is 6.97. The van der Waals surface area contributed by atoms with Crippen LogP contribution in [0.1, 0.15) is 99.3 Å². The fraction of sp³-hybridized carbons (Fsp3) is 0.958. The second kappa shape index (κ2) is 8.43. The zero-order chi connectivity index (χ0) is 20.5. The van der Waals surface area contributed by atoms with Crippen LogP contribution in [0.15, 0.2) is 0 Å². The van der Waals surface area contributed by atoms with Crippen LogP contribution in [0.25, 0.3) is 0 Å². The first kappa shape index (κ1) is 22.7. The number of esters is 1. The van der Waals surface area contributed by atoms with Crippen molar-refractivity contribution < 1.29 is 9.53 Å². The number of rotatable bonds is 2. The zero-order valence-corrected chi connectivity index (χ0v) is 19.1. The standard InChI is InChI=1S/C21H37NO2.C3H8/c1-14(2)15-9-12-21(22)16(13-15)7-8-17-19(3,18(23)24-5)10-6-11-20(17,21)4;1-3-2/h14-17H,6-13,22H2,1-5H3;3H2,1-2H3/t15?,16?,17?,19?,20-,21?;/m0./s1. The van der Waals surface area contributed by atoms with Gasteiger partial charge >= 0.3 is 5.97 Å². The Kier molecular flexibility index (Phi) is 7.09. The average Bonchev–Trinajstić information content (AvgIpc) is 2.61. The van der Waals surface area contributed by atoms with Crippen molar-refractivity contribution in [3.63, 3.8) is 0 Å². The summed E-state index contributed by atoms with van der Waals surface area (Å²) in [5.41, 5.74) is 6.84. The molecule has 0 aromatic carbocycles. The molecule has 3 rings (SSSR count). The van der Waals surface area contributed by atoms with Gasteiger partial charge in [-0.25, -0.2) is 0 Å². The summed E-state index contributed by atoms with van der Waals surface area (Å²) in [5.74, 6) is 2.55. The maximum absolute atomic E-state index is 12.6. The molecule has 5 unspecified atom stereocenters. The molecule has 0 heterocycles. The lowest BCUT2D eigenvalue weighted by atomic mass is 9.41. The summed E-state index contributed by atoms with van der Waals surface area (Å²) in [6, 6.07) is 0. The van der Waals surface area contributed by atoms with Gasteiger partial charge in [0, 0.05) is 5.54 Å². The molecule has 3 aliphatic carbocycles. The van der Waals surface area contributed by atoms with Crippen LogP contribution in [-0.2, 0) is 9.53 Å². The summed E-state index contributed by atoms with van der Waals surface area (Å²) in [6.07, 6.45) is 10.5. The molecule has 2 N–H and O–H groups in total. The van der Waals surface area contributed by atoms with Crippen molar-refractivity contribution in [1.82, 2.24) is 0 Å². The summed E-state index contributed by atoms with van der Waals surface area (Å²) in [5, 5.41) is 0. The van der Waals surface area contributed by atoms with E-state index in [-0.39, 0.29) is 22.3 Å². The summed E-state index contributed by atoms with van der Waals surface area (Å²) < 4.78 is 5.22. The minimum atomic E-state index is -0.353. The van der Waals surface area contributed by atoms with Gasteiger partial charge in [0.1, 0.15) is 0 Å². The number of fused-ring (bicyclic) bond motifs is 3. The molecule has 158 valence electrons. The van der Waals surface area contributed by atoms with Gasteiger partial charge in [-0.3, -0.25) is 4.79 Å². The summed E-state index contributed by atoms with van der Waals surface area (Å²) in [6.45, 7) is 13.5. The molecule has 0 radical (unpaired) electrons. The highest BCUT2D eigenvalue weighted by molar-refractivity contribution is 5.77. The van der Waals surface area contributed by atoms with Crippen molar-refractivity contribution in [3.8, 4) is 0 Å². The number of nitrogens with two attached hydrogens (primary N) is 1. The molecule has 0 aromatic heterocycles. The van der Waals surface area contributed by atoms with E-state index in [9.17, 15) is 4.79 Å². The number of carbonyl (C=O) groups is 1. The average molecular weight is 380 g/mol. The smallest absolute Gasteiger partial charge is 0.311 e. The molecule has 0 aliphatic heterocycles. The van der Waals surface area contributed by atoms with Crippen molar-refractivity contribution >= 4 is 5.97 Å². The van der Waals surface area contributed by atoms with Gasteiger partial charge in [-0.15, -0.1) is 0 Å². The van der Waals surface area contributed by atoms with Gasteiger partial charge in [0.25, 0.3) is 0 Å². The zero-order valence-electron chi connectivity index (χ0n) is 19.1. The monoisotopic (exact) mass is 379 g/mol. The summed E-state index contributed by atoms with van der Waals surface area (Å²) >= 11 is 0. The van der Waals surface area contributed by atoms with Crippen LogP contribution in [-0.4, -0.2) is 18.6 Å². The molecule has 3 nitrogen and oxygen atoms in total. The van der Waals surface area contributed by atoms with E-state index in [1.807, 2.05) is 0 Å². The molecule has 6 atom stereocenters. The Balaban J connectivity index is 0.000000817. The first-order valence-corrected chi connectivity index (χ1v) is 11.5. The molecule has 0 bridgehead atoms. The maximum Gasteiger partial charge on any atom is 0.311 e. The van der Waals surface area contributed by atoms with Gasteiger partial charge in [-0.2, -0.15) is 0 Å². The second-order valence-electron chi connectivity index (χ2n) is 10.5. The van der Waals surface area contributed by atoms with Crippen molar-refractivity contribution in [2.45, 2.75) is 105 Å². The van der Waals surface area contributed by atoms with E-state index in [1.165, 1.54) is 39.2 Å². The predicted molar refractivity (Wildman–Crippen MR) is 113 cm³/mol. The van der Waals surface area contributed by atoms with E-state index < -0.39 is 0 Å². The second-order valence-corrected chi connectivity index (χ2v) is 10.5. The van der Waals surface area contributed by atoms with Crippen LogP contribution < -0.4 is 5.73 Å². The number of carbonyl (C=O) groups excluding carboxylic acids is 1. The number of hydrogen-bond acceptors (Lipinski definition) is 3. The summed E-state index contributed by atoms with van der Waals surface area (Å²) in [7, 11) is 1.54. The normalized spacial score (nSPS) is 43.8. The Hall–Kier alpha value is -0.570. The van der Waals surface area contributed by atoms with Gasteiger partial charge in [0.15, 0.2) is 0 Å². The SMILES string of the molecule is CCC.COC(=O)C1(C)CCC[C@@]2(C)C1CCC1CC(C(C)C)CCC12N. The van der Waals surface area contributed by atoms with Crippen LogP contribution >= 0.6 is 0 Å². The van der Waals surface area contributed by atoms with Crippen LogP contribution in [0.4, 0.5) is 0 Å². The molecule has 3 heteroatoms. The lowest BCUT2D eigenvalue weighted by molar-refractivity contribution is -0.180. The predicted octanol–water partition coefficient (Wildman–Crippen LogP) is 5.95. The molecule has 3 fully saturated rings.